The molecule has 1 aromatic rings. The quantitative estimate of drug-likeness (QED) is 0.860. The van der Waals surface area contributed by atoms with E-state index in [2.05, 4.69) is 62.3 Å². The molecule has 3 nitrogen and oxygen atoms in total. The van der Waals surface area contributed by atoms with Crippen LogP contribution in [0.2, 0.25) is 0 Å². The third kappa shape index (κ3) is 3.16. The van der Waals surface area contributed by atoms with Crippen molar-refractivity contribution < 1.29 is 4.79 Å². The second kappa shape index (κ2) is 6.93. The number of nitrogens with zero attached hydrogens (tertiary/aromatic N) is 1. The third-order valence-corrected chi connectivity index (χ3v) is 5.71. The standard InChI is InChI=1S/C17H28N2OS/c1-6-13(7-2)12(5)19-16(14-9-8-10-21-14)18-15(11(3)4)17(19)20/h8-13,15-16,18H,6-7H2,1-5H3. The Labute approximate surface area is 132 Å². The van der Waals surface area contributed by atoms with Crippen molar-refractivity contribution in [3.05, 3.63) is 22.4 Å². The molecule has 1 aromatic heterocycles. The molecule has 0 radical (unpaired) electrons. The number of amides is 1. The van der Waals surface area contributed by atoms with Crippen LogP contribution >= 0.6 is 11.3 Å². The molecule has 0 aromatic carbocycles. The minimum Gasteiger partial charge on any atom is -0.318 e. The maximum Gasteiger partial charge on any atom is 0.241 e. The zero-order valence-corrected chi connectivity index (χ0v) is 14.6. The lowest BCUT2D eigenvalue weighted by Gasteiger charge is -2.34. The van der Waals surface area contributed by atoms with Gasteiger partial charge in [0.15, 0.2) is 0 Å². The van der Waals surface area contributed by atoms with E-state index in [0.29, 0.717) is 11.8 Å². The van der Waals surface area contributed by atoms with Gasteiger partial charge in [0.05, 0.1) is 6.04 Å². The maximum absolute atomic E-state index is 12.9. The highest BCUT2D eigenvalue weighted by atomic mass is 32.1. The Kier molecular flexibility index (Phi) is 5.44. The topological polar surface area (TPSA) is 32.3 Å². The summed E-state index contributed by atoms with van der Waals surface area (Å²) in [6.45, 7) is 10.9. The minimum absolute atomic E-state index is 0.0421. The number of hydrogen-bond donors (Lipinski definition) is 1. The Hall–Kier alpha value is -0.870. The molecule has 3 unspecified atom stereocenters. The molecule has 3 atom stereocenters. The van der Waals surface area contributed by atoms with Gasteiger partial charge in [0, 0.05) is 10.9 Å². The van der Waals surface area contributed by atoms with Gasteiger partial charge in [-0.25, -0.2) is 0 Å². The van der Waals surface area contributed by atoms with Crippen LogP contribution in [0.5, 0.6) is 0 Å². The maximum atomic E-state index is 12.9. The average Bonchev–Trinajstić information content (AvgIpc) is 3.06. The summed E-state index contributed by atoms with van der Waals surface area (Å²) in [6, 6.07) is 4.41. The number of rotatable bonds is 6. The molecule has 1 saturated heterocycles. The summed E-state index contributed by atoms with van der Waals surface area (Å²) in [7, 11) is 0. The van der Waals surface area contributed by atoms with E-state index < -0.39 is 0 Å². The SMILES string of the molecule is CCC(CC)C(C)N1C(=O)C(C(C)C)NC1c1cccs1. The Morgan fingerprint density at radius 1 is 1.29 bits per heavy atom. The molecule has 2 heterocycles. The number of carbonyl (C=O) groups is 1. The van der Waals surface area contributed by atoms with Crippen molar-refractivity contribution in [2.75, 3.05) is 0 Å². The van der Waals surface area contributed by atoms with Crippen LogP contribution in [0.25, 0.3) is 0 Å². The van der Waals surface area contributed by atoms with Gasteiger partial charge >= 0.3 is 0 Å². The smallest absolute Gasteiger partial charge is 0.241 e. The third-order valence-electron chi connectivity index (χ3n) is 4.79. The second-order valence-electron chi connectivity index (χ2n) is 6.37. The molecule has 4 heteroatoms. The van der Waals surface area contributed by atoms with Crippen molar-refractivity contribution >= 4 is 17.2 Å². The lowest BCUT2D eigenvalue weighted by atomic mass is 9.93. The fraction of sp³-hybridized carbons (Fsp3) is 0.706. The first-order valence-electron chi connectivity index (χ1n) is 8.12. The van der Waals surface area contributed by atoms with E-state index in [9.17, 15) is 4.79 Å². The summed E-state index contributed by atoms with van der Waals surface area (Å²) >= 11 is 1.73. The summed E-state index contributed by atoms with van der Waals surface area (Å²) in [6.07, 6.45) is 2.27. The number of nitrogens with one attached hydrogen (secondary N) is 1. The van der Waals surface area contributed by atoms with Crippen LogP contribution in [0.15, 0.2) is 17.5 Å². The fourth-order valence-corrected chi connectivity index (χ4v) is 4.17. The van der Waals surface area contributed by atoms with Crippen LogP contribution in [0.4, 0.5) is 0 Å². The second-order valence-corrected chi connectivity index (χ2v) is 7.35. The van der Waals surface area contributed by atoms with Gasteiger partial charge in [0.25, 0.3) is 0 Å². The molecule has 0 aliphatic carbocycles. The predicted molar refractivity (Wildman–Crippen MR) is 89.2 cm³/mol. The van der Waals surface area contributed by atoms with Gasteiger partial charge in [-0.3, -0.25) is 10.1 Å². The molecule has 1 aliphatic heterocycles. The van der Waals surface area contributed by atoms with Gasteiger partial charge in [-0.15, -0.1) is 11.3 Å². The van der Waals surface area contributed by atoms with Crippen LogP contribution in [0, 0.1) is 11.8 Å². The van der Waals surface area contributed by atoms with Crippen molar-refractivity contribution in [3.8, 4) is 0 Å². The predicted octanol–water partition coefficient (Wildman–Crippen LogP) is 4.03. The van der Waals surface area contributed by atoms with Crippen LogP contribution in [0.1, 0.15) is 58.5 Å². The zero-order valence-electron chi connectivity index (χ0n) is 13.8. The summed E-state index contributed by atoms with van der Waals surface area (Å²) in [5, 5.41) is 5.65. The van der Waals surface area contributed by atoms with Gasteiger partial charge in [-0.1, -0.05) is 46.6 Å². The first-order chi connectivity index (χ1) is 10.0. The van der Waals surface area contributed by atoms with Crippen molar-refractivity contribution in [1.82, 2.24) is 10.2 Å². The summed E-state index contributed by atoms with van der Waals surface area (Å²) < 4.78 is 0. The lowest BCUT2D eigenvalue weighted by Crippen LogP contribution is -2.42. The van der Waals surface area contributed by atoms with Gasteiger partial charge in [0.2, 0.25) is 5.91 Å². The molecular weight excluding hydrogens is 280 g/mol. The monoisotopic (exact) mass is 308 g/mol. The van der Waals surface area contributed by atoms with Crippen LogP contribution in [0.3, 0.4) is 0 Å². The van der Waals surface area contributed by atoms with E-state index >= 15 is 0 Å². The van der Waals surface area contributed by atoms with Crippen molar-refractivity contribution in [1.29, 1.82) is 0 Å². The molecule has 0 spiro atoms. The Bertz CT molecular complexity index is 453. The Morgan fingerprint density at radius 3 is 2.43 bits per heavy atom. The molecule has 21 heavy (non-hydrogen) atoms. The summed E-state index contributed by atoms with van der Waals surface area (Å²) in [4.78, 5) is 16.2. The van der Waals surface area contributed by atoms with Gasteiger partial charge in [-0.05, 0) is 30.2 Å². The highest BCUT2D eigenvalue weighted by molar-refractivity contribution is 7.10. The summed E-state index contributed by atoms with van der Waals surface area (Å²) in [5.41, 5.74) is 0. The van der Waals surface area contributed by atoms with E-state index in [1.807, 2.05) is 0 Å². The van der Waals surface area contributed by atoms with Gasteiger partial charge in [0.1, 0.15) is 6.17 Å². The van der Waals surface area contributed by atoms with Crippen molar-refractivity contribution in [2.45, 2.75) is 65.7 Å². The molecule has 0 saturated carbocycles. The molecule has 0 bridgehead atoms. The largest absolute Gasteiger partial charge is 0.318 e. The molecule has 1 aliphatic rings. The van der Waals surface area contributed by atoms with Crippen LogP contribution < -0.4 is 5.32 Å². The molecule has 1 amide bonds. The fourth-order valence-electron chi connectivity index (χ4n) is 3.39. The molecular formula is C17H28N2OS. The molecule has 2 rings (SSSR count). The normalized spacial score (nSPS) is 24.3. The van der Waals surface area contributed by atoms with Gasteiger partial charge in [-0.2, -0.15) is 0 Å². The number of carbonyl (C=O) groups excluding carboxylic acids is 1. The zero-order chi connectivity index (χ0) is 15.6. The average molecular weight is 308 g/mol. The van der Waals surface area contributed by atoms with E-state index in [0.717, 1.165) is 12.8 Å². The highest BCUT2D eigenvalue weighted by Gasteiger charge is 2.44. The van der Waals surface area contributed by atoms with Crippen molar-refractivity contribution in [2.24, 2.45) is 11.8 Å². The van der Waals surface area contributed by atoms with E-state index in [1.54, 1.807) is 11.3 Å². The van der Waals surface area contributed by atoms with Gasteiger partial charge < -0.3 is 4.90 Å². The molecule has 118 valence electrons. The number of hydrogen-bond acceptors (Lipinski definition) is 3. The number of thiophene rings is 1. The van der Waals surface area contributed by atoms with E-state index in [-0.39, 0.29) is 24.2 Å². The Balaban J connectivity index is 2.31. The lowest BCUT2D eigenvalue weighted by molar-refractivity contribution is -0.133. The van der Waals surface area contributed by atoms with Crippen LogP contribution in [-0.2, 0) is 4.79 Å². The van der Waals surface area contributed by atoms with E-state index in [4.69, 9.17) is 0 Å². The highest BCUT2D eigenvalue weighted by Crippen LogP contribution is 2.35. The first-order valence-corrected chi connectivity index (χ1v) is 9.00. The molecule has 1 fully saturated rings. The first kappa shape index (κ1) is 16.5. The minimum atomic E-state index is -0.0612. The summed E-state index contributed by atoms with van der Waals surface area (Å²) in [5.74, 6) is 1.14. The van der Waals surface area contributed by atoms with Crippen molar-refractivity contribution in [3.63, 3.8) is 0 Å². The van der Waals surface area contributed by atoms with Crippen LogP contribution in [-0.4, -0.2) is 22.9 Å². The van der Waals surface area contributed by atoms with E-state index in [1.165, 1.54) is 4.88 Å². The molecule has 1 N–H and O–H groups in total. The Morgan fingerprint density at radius 2 is 1.95 bits per heavy atom.